The second-order valence-corrected chi connectivity index (χ2v) is 7.62. The van der Waals surface area contributed by atoms with Gasteiger partial charge in [0.15, 0.2) is 6.61 Å². The summed E-state index contributed by atoms with van der Waals surface area (Å²) < 4.78 is 21.5. The molecule has 1 amide bonds. The van der Waals surface area contributed by atoms with Crippen molar-refractivity contribution in [3.63, 3.8) is 0 Å². The molecule has 0 saturated carbocycles. The molecule has 1 heterocycles. The zero-order valence-corrected chi connectivity index (χ0v) is 18.9. The fraction of sp³-hybridized carbons (Fsp3) is 0.148. The molecule has 178 valence electrons. The lowest BCUT2D eigenvalue weighted by Crippen LogP contribution is -2.44. The van der Waals surface area contributed by atoms with Gasteiger partial charge in [-0.2, -0.15) is 0 Å². The quantitative estimate of drug-likeness (QED) is 0.368. The third-order valence-electron chi connectivity index (χ3n) is 5.16. The summed E-state index contributed by atoms with van der Waals surface area (Å²) in [7, 11) is 1.27. The van der Waals surface area contributed by atoms with Crippen LogP contribution in [0.3, 0.4) is 0 Å². The van der Waals surface area contributed by atoms with Crippen molar-refractivity contribution < 1.29 is 28.2 Å². The lowest BCUT2D eigenvalue weighted by molar-refractivity contribution is -0.145. The molecule has 1 unspecified atom stereocenters. The minimum absolute atomic E-state index is 0.0593. The van der Waals surface area contributed by atoms with E-state index < -0.39 is 17.9 Å². The Morgan fingerprint density at radius 1 is 0.943 bits per heavy atom. The maximum absolute atomic E-state index is 12.7. The molecule has 0 aliphatic carbocycles. The highest BCUT2D eigenvalue weighted by atomic mass is 16.5. The Hall–Kier alpha value is -4.59. The Labute approximate surface area is 201 Å². The number of esters is 1. The van der Waals surface area contributed by atoms with Gasteiger partial charge < -0.3 is 23.9 Å². The second kappa shape index (κ2) is 11.0. The van der Waals surface area contributed by atoms with Crippen LogP contribution in [0.2, 0.25) is 0 Å². The first-order valence-corrected chi connectivity index (χ1v) is 10.9. The smallest absolute Gasteiger partial charge is 0.328 e. The number of carbonyl (C=O) groups is 2. The number of benzene rings is 3. The maximum Gasteiger partial charge on any atom is 0.328 e. The number of rotatable bonds is 9. The van der Waals surface area contributed by atoms with Crippen LogP contribution in [0, 0.1) is 0 Å². The van der Waals surface area contributed by atoms with Gasteiger partial charge in [-0.1, -0.05) is 48.5 Å². The molecule has 0 bridgehead atoms. The van der Waals surface area contributed by atoms with E-state index in [1.165, 1.54) is 19.4 Å². The van der Waals surface area contributed by atoms with E-state index in [2.05, 4.69) is 5.32 Å². The number of hydrogen-bond donors (Lipinski definition) is 1. The van der Waals surface area contributed by atoms with Crippen LogP contribution in [0.1, 0.15) is 5.56 Å². The minimum Gasteiger partial charge on any atom is -0.484 e. The number of methoxy groups -OCH3 is 1. The van der Waals surface area contributed by atoms with Gasteiger partial charge in [-0.05, 0) is 29.8 Å². The fourth-order valence-corrected chi connectivity index (χ4v) is 3.44. The van der Waals surface area contributed by atoms with Crippen LogP contribution in [0.5, 0.6) is 17.2 Å². The molecule has 1 atom stereocenters. The molecule has 0 aliphatic heterocycles. The van der Waals surface area contributed by atoms with Crippen molar-refractivity contribution in [2.75, 3.05) is 13.7 Å². The number of nitrogens with one attached hydrogen (secondary N) is 1. The monoisotopic (exact) mass is 473 g/mol. The van der Waals surface area contributed by atoms with E-state index in [1.807, 2.05) is 36.4 Å². The normalized spacial score (nSPS) is 11.5. The lowest BCUT2D eigenvalue weighted by Gasteiger charge is -2.17. The first-order chi connectivity index (χ1) is 17.0. The average Bonchev–Trinajstić information content (AvgIpc) is 2.89. The summed E-state index contributed by atoms with van der Waals surface area (Å²) in [6.45, 7) is -0.340. The zero-order chi connectivity index (χ0) is 24.6. The van der Waals surface area contributed by atoms with Gasteiger partial charge in [0.1, 0.15) is 29.4 Å². The van der Waals surface area contributed by atoms with Gasteiger partial charge in [0.2, 0.25) is 11.2 Å². The first kappa shape index (κ1) is 23.6. The number of fused-ring (bicyclic) bond motifs is 1. The van der Waals surface area contributed by atoms with Crippen molar-refractivity contribution >= 4 is 22.8 Å². The van der Waals surface area contributed by atoms with Gasteiger partial charge in [-0.25, -0.2) is 4.79 Å². The predicted molar refractivity (Wildman–Crippen MR) is 129 cm³/mol. The molecule has 35 heavy (non-hydrogen) atoms. The van der Waals surface area contributed by atoms with Gasteiger partial charge in [0.05, 0.1) is 12.5 Å². The molecular weight excluding hydrogens is 450 g/mol. The zero-order valence-electron chi connectivity index (χ0n) is 18.9. The van der Waals surface area contributed by atoms with Crippen molar-refractivity contribution in [3.8, 4) is 17.2 Å². The van der Waals surface area contributed by atoms with Crippen LogP contribution in [-0.4, -0.2) is 31.6 Å². The van der Waals surface area contributed by atoms with Crippen LogP contribution in [0.15, 0.2) is 94.3 Å². The molecule has 4 aromatic rings. The molecule has 0 spiro atoms. The van der Waals surface area contributed by atoms with E-state index in [0.717, 1.165) is 5.56 Å². The topological polar surface area (TPSA) is 104 Å². The van der Waals surface area contributed by atoms with Crippen molar-refractivity contribution in [1.29, 1.82) is 0 Å². The SMILES string of the molecule is COC(=O)C(Cc1ccccc1)NC(=O)COc1ccc2c(=O)c(Oc3ccccc3)coc2c1. The van der Waals surface area contributed by atoms with Gasteiger partial charge in [0.25, 0.3) is 5.91 Å². The average molecular weight is 473 g/mol. The van der Waals surface area contributed by atoms with Crippen LogP contribution in [-0.2, 0) is 20.7 Å². The number of hydrogen-bond acceptors (Lipinski definition) is 7. The van der Waals surface area contributed by atoms with E-state index >= 15 is 0 Å². The van der Waals surface area contributed by atoms with Crippen molar-refractivity contribution in [3.05, 3.63) is 101 Å². The van der Waals surface area contributed by atoms with Crippen LogP contribution >= 0.6 is 0 Å². The van der Waals surface area contributed by atoms with Crippen molar-refractivity contribution in [2.24, 2.45) is 0 Å². The Morgan fingerprint density at radius 2 is 1.66 bits per heavy atom. The fourth-order valence-electron chi connectivity index (χ4n) is 3.44. The Bertz CT molecular complexity index is 1370. The lowest BCUT2D eigenvalue weighted by atomic mass is 10.1. The summed E-state index contributed by atoms with van der Waals surface area (Å²) in [4.78, 5) is 37.3. The number of carbonyl (C=O) groups excluding carboxylic acids is 2. The third-order valence-corrected chi connectivity index (χ3v) is 5.16. The predicted octanol–water partition coefficient (Wildman–Crippen LogP) is 3.86. The van der Waals surface area contributed by atoms with E-state index in [-0.39, 0.29) is 29.8 Å². The molecular formula is C27H23NO7. The Morgan fingerprint density at radius 3 is 2.37 bits per heavy atom. The van der Waals surface area contributed by atoms with Crippen LogP contribution in [0.25, 0.3) is 11.0 Å². The van der Waals surface area contributed by atoms with E-state index in [1.54, 1.807) is 36.4 Å². The molecule has 0 saturated heterocycles. The standard InChI is InChI=1S/C27H23NO7/c1-32-27(31)22(14-18-8-4-2-5-9-18)28-25(29)17-33-20-12-13-21-23(15-20)34-16-24(26(21)30)35-19-10-6-3-7-11-19/h2-13,15-16,22H,14,17H2,1H3,(H,28,29). The van der Waals surface area contributed by atoms with Crippen LogP contribution < -0.4 is 20.2 Å². The summed E-state index contributed by atoms with van der Waals surface area (Å²) in [5, 5.41) is 2.94. The molecule has 0 fully saturated rings. The third kappa shape index (κ3) is 6.05. The highest BCUT2D eigenvalue weighted by molar-refractivity contribution is 5.85. The van der Waals surface area contributed by atoms with Gasteiger partial charge in [-0.3, -0.25) is 9.59 Å². The number of ether oxygens (including phenoxy) is 3. The summed E-state index contributed by atoms with van der Waals surface area (Å²) in [6, 6.07) is 21.9. The molecule has 8 nitrogen and oxygen atoms in total. The van der Waals surface area contributed by atoms with Gasteiger partial charge in [0, 0.05) is 12.5 Å². The molecule has 0 radical (unpaired) electrons. The molecule has 1 aromatic heterocycles. The Balaban J connectivity index is 1.40. The minimum atomic E-state index is -0.851. The summed E-state index contributed by atoms with van der Waals surface area (Å²) in [6.07, 6.45) is 1.52. The number of para-hydroxylation sites is 1. The van der Waals surface area contributed by atoms with Gasteiger partial charge in [-0.15, -0.1) is 0 Å². The maximum atomic E-state index is 12.7. The highest BCUT2D eigenvalue weighted by Gasteiger charge is 2.22. The van der Waals surface area contributed by atoms with E-state index in [4.69, 9.17) is 18.6 Å². The second-order valence-electron chi connectivity index (χ2n) is 7.62. The van der Waals surface area contributed by atoms with Crippen molar-refractivity contribution in [2.45, 2.75) is 12.5 Å². The van der Waals surface area contributed by atoms with E-state index in [0.29, 0.717) is 16.9 Å². The molecule has 0 aliphatic rings. The van der Waals surface area contributed by atoms with Gasteiger partial charge >= 0.3 is 5.97 Å². The summed E-state index contributed by atoms with van der Waals surface area (Å²) >= 11 is 0. The van der Waals surface area contributed by atoms with Crippen molar-refractivity contribution in [1.82, 2.24) is 5.32 Å². The summed E-state index contributed by atoms with van der Waals surface area (Å²) in [5.74, 6) is -0.149. The molecule has 4 rings (SSSR count). The molecule has 8 heteroatoms. The Kier molecular flexibility index (Phi) is 7.42. The number of amides is 1. The van der Waals surface area contributed by atoms with E-state index in [9.17, 15) is 14.4 Å². The largest absolute Gasteiger partial charge is 0.484 e. The van der Waals surface area contributed by atoms with Crippen LogP contribution in [0.4, 0.5) is 0 Å². The summed E-state index contributed by atoms with van der Waals surface area (Å²) in [5.41, 5.74) is 0.829. The highest BCUT2D eigenvalue weighted by Crippen LogP contribution is 2.24. The first-order valence-electron chi connectivity index (χ1n) is 10.9. The molecule has 1 N–H and O–H groups in total. The molecule has 3 aromatic carbocycles.